The monoisotopic (exact) mass is 386 g/mol. The predicted molar refractivity (Wildman–Crippen MR) is 108 cm³/mol. The van der Waals surface area contributed by atoms with Crippen LogP contribution in [0.25, 0.3) is 0 Å². The summed E-state index contributed by atoms with van der Waals surface area (Å²) in [5, 5.41) is 4.12. The fourth-order valence-corrected chi connectivity index (χ4v) is 3.76. The molecule has 2 aromatic rings. The van der Waals surface area contributed by atoms with Crippen LogP contribution in [0.1, 0.15) is 56.1 Å². The Hall–Kier alpha value is -2.41. The lowest BCUT2D eigenvalue weighted by Crippen LogP contribution is -2.30. The molecule has 0 amide bonds. The van der Waals surface area contributed by atoms with Crippen LogP contribution in [0.2, 0.25) is 0 Å². The van der Waals surface area contributed by atoms with Crippen LogP contribution in [0.5, 0.6) is 0 Å². The maximum absolute atomic E-state index is 11.5. The number of carbonyl (C=O) groups is 1. The van der Waals surface area contributed by atoms with Crippen LogP contribution < -0.4 is 5.32 Å². The smallest absolute Gasteiger partial charge is 0.305 e. The molecular weight excluding hydrogens is 360 g/mol. The molecule has 0 bridgehead atoms. The summed E-state index contributed by atoms with van der Waals surface area (Å²) in [5.41, 5.74) is 2.14. The lowest BCUT2D eigenvalue weighted by molar-refractivity contribution is -0.140. The average Bonchev–Trinajstić information content (AvgIpc) is 3.27. The summed E-state index contributed by atoms with van der Waals surface area (Å²) in [6, 6.07) is 8.46. The number of rotatable bonds is 7. The molecule has 0 aromatic carbocycles. The molecule has 3 rings (SSSR count). The van der Waals surface area contributed by atoms with E-state index in [1.54, 1.807) is 6.20 Å². The molecule has 1 aliphatic rings. The Morgan fingerprint density at radius 3 is 2.81 bits per heavy atom. The minimum atomic E-state index is -0.197. The molecule has 1 aliphatic heterocycles. The summed E-state index contributed by atoms with van der Waals surface area (Å²) in [6.07, 6.45) is 7.14. The first kappa shape index (κ1) is 19.4. The summed E-state index contributed by atoms with van der Waals surface area (Å²) in [6.45, 7) is 5.00. The van der Waals surface area contributed by atoms with E-state index in [2.05, 4.69) is 52.1 Å². The lowest BCUT2D eigenvalue weighted by atomic mass is 9.99. The first-order valence-electron chi connectivity index (χ1n) is 9.23. The van der Waals surface area contributed by atoms with Gasteiger partial charge in [0.25, 0.3) is 0 Å². The van der Waals surface area contributed by atoms with E-state index in [1.807, 2.05) is 18.2 Å². The van der Waals surface area contributed by atoms with Gasteiger partial charge in [-0.05, 0) is 56.2 Å². The number of hydrogen-bond acceptors (Lipinski definition) is 4. The van der Waals surface area contributed by atoms with Gasteiger partial charge in [-0.2, -0.15) is 0 Å². The number of carbonyl (C=O) groups excluding carboxylic acids is 1. The van der Waals surface area contributed by atoms with Crippen molar-refractivity contribution < 1.29 is 9.53 Å². The molecular formula is C20H26N4O2S. The van der Waals surface area contributed by atoms with Gasteiger partial charge in [-0.15, -0.1) is 0 Å². The van der Waals surface area contributed by atoms with Crippen LogP contribution in [-0.2, 0) is 9.53 Å². The molecule has 0 aliphatic carbocycles. The van der Waals surface area contributed by atoms with Gasteiger partial charge in [0.1, 0.15) is 0 Å². The molecule has 7 heteroatoms. The molecule has 2 atom stereocenters. The number of ether oxygens (including phenoxy) is 1. The largest absolute Gasteiger partial charge is 0.469 e. The number of esters is 1. The van der Waals surface area contributed by atoms with Gasteiger partial charge in [0.05, 0.1) is 24.9 Å². The van der Waals surface area contributed by atoms with Crippen molar-refractivity contribution in [3.05, 3.63) is 54.1 Å². The minimum absolute atomic E-state index is 0.0279. The van der Waals surface area contributed by atoms with Gasteiger partial charge in [0.15, 0.2) is 5.11 Å². The molecule has 27 heavy (non-hydrogen) atoms. The summed E-state index contributed by atoms with van der Waals surface area (Å²) < 4.78 is 6.95. The number of pyridine rings is 1. The molecule has 6 nitrogen and oxygen atoms in total. The highest BCUT2D eigenvalue weighted by molar-refractivity contribution is 7.80. The van der Waals surface area contributed by atoms with Crippen LogP contribution >= 0.6 is 12.2 Å². The van der Waals surface area contributed by atoms with Crippen molar-refractivity contribution >= 4 is 23.3 Å². The molecule has 144 valence electrons. The zero-order valence-electron chi connectivity index (χ0n) is 16.0. The van der Waals surface area contributed by atoms with E-state index in [1.165, 1.54) is 12.7 Å². The number of methoxy groups -OCH3 is 1. The second-order valence-corrected chi connectivity index (χ2v) is 7.37. The van der Waals surface area contributed by atoms with Crippen molar-refractivity contribution in [2.24, 2.45) is 0 Å². The van der Waals surface area contributed by atoms with Gasteiger partial charge < -0.3 is 19.5 Å². The molecule has 1 fully saturated rings. The third-order valence-electron chi connectivity index (χ3n) is 4.88. The van der Waals surface area contributed by atoms with E-state index in [-0.39, 0.29) is 18.1 Å². The maximum Gasteiger partial charge on any atom is 0.305 e. The number of nitrogens with zero attached hydrogens (tertiary/aromatic N) is 3. The van der Waals surface area contributed by atoms with E-state index in [9.17, 15) is 4.79 Å². The van der Waals surface area contributed by atoms with Crippen LogP contribution in [-0.4, -0.2) is 39.2 Å². The first-order chi connectivity index (χ1) is 13.0. The second-order valence-electron chi connectivity index (χ2n) is 6.99. The molecule has 1 saturated heterocycles. The van der Waals surface area contributed by atoms with Crippen molar-refractivity contribution in [2.45, 2.75) is 44.8 Å². The average molecular weight is 387 g/mol. The zero-order valence-corrected chi connectivity index (χ0v) is 16.8. The van der Waals surface area contributed by atoms with E-state index < -0.39 is 0 Å². The Morgan fingerprint density at radius 2 is 2.19 bits per heavy atom. The Morgan fingerprint density at radius 1 is 1.37 bits per heavy atom. The van der Waals surface area contributed by atoms with E-state index >= 15 is 0 Å². The summed E-state index contributed by atoms with van der Waals surface area (Å²) in [4.78, 5) is 18.2. The van der Waals surface area contributed by atoms with E-state index in [0.29, 0.717) is 30.5 Å². The minimum Gasteiger partial charge on any atom is -0.469 e. The highest BCUT2D eigenvalue weighted by Gasteiger charge is 2.39. The Labute approximate surface area is 165 Å². The van der Waals surface area contributed by atoms with E-state index in [0.717, 1.165) is 5.69 Å². The van der Waals surface area contributed by atoms with E-state index in [4.69, 9.17) is 17.0 Å². The van der Waals surface area contributed by atoms with Gasteiger partial charge in [0, 0.05) is 37.6 Å². The summed E-state index contributed by atoms with van der Waals surface area (Å²) >= 11 is 5.62. The zero-order chi connectivity index (χ0) is 19.4. The van der Waals surface area contributed by atoms with Gasteiger partial charge in [-0.25, -0.2) is 0 Å². The number of hydrogen-bond donors (Lipinski definition) is 1. The van der Waals surface area contributed by atoms with Crippen LogP contribution in [0, 0.1) is 0 Å². The van der Waals surface area contributed by atoms with Gasteiger partial charge in [-0.3, -0.25) is 9.78 Å². The molecule has 0 saturated carbocycles. The van der Waals surface area contributed by atoms with Crippen molar-refractivity contribution in [3.8, 4) is 0 Å². The van der Waals surface area contributed by atoms with Gasteiger partial charge in [-0.1, -0.05) is 6.07 Å². The third-order valence-corrected chi connectivity index (χ3v) is 5.23. The fraction of sp³-hybridized carbons (Fsp3) is 0.450. The summed E-state index contributed by atoms with van der Waals surface area (Å²) in [7, 11) is 1.42. The molecule has 3 heterocycles. The Kier molecular flexibility index (Phi) is 6.11. The molecule has 0 radical (unpaired) electrons. The Bertz CT molecular complexity index is 790. The number of aromatic nitrogens is 2. The normalized spacial score (nSPS) is 19.4. The lowest BCUT2D eigenvalue weighted by Gasteiger charge is -2.27. The van der Waals surface area contributed by atoms with Crippen molar-refractivity contribution in [2.75, 3.05) is 13.7 Å². The van der Waals surface area contributed by atoms with Crippen LogP contribution in [0.4, 0.5) is 0 Å². The summed E-state index contributed by atoms with van der Waals surface area (Å²) in [5.74, 6) is -0.197. The van der Waals surface area contributed by atoms with Crippen molar-refractivity contribution in [3.63, 3.8) is 0 Å². The quantitative estimate of drug-likeness (QED) is 0.581. The highest BCUT2D eigenvalue weighted by atomic mass is 32.1. The number of thiocarbonyl (C=S) groups is 1. The van der Waals surface area contributed by atoms with Crippen molar-refractivity contribution in [1.82, 2.24) is 19.8 Å². The SMILES string of the molecule is COC(=O)CCCN1C(=S)N[C@@H](c2ccccn2)[C@@H]1c1ccn(C(C)C)c1. The van der Waals surface area contributed by atoms with Crippen LogP contribution in [0.3, 0.4) is 0 Å². The van der Waals surface area contributed by atoms with Gasteiger partial charge in [0.2, 0.25) is 0 Å². The van der Waals surface area contributed by atoms with Crippen LogP contribution in [0.15, 0.2) is 42.9 Å². The molecule has 0 spiro atoms. The molecule has 1 N–H and O–H groups in total. The standard InChI is InChI=1S/C20H26N4O2S/c1-14(2)23-12-9-15(13-23)19-18(16-7-4-5-10-21-16)22-20(27)24(19)11-6-8-17(25)26-3/h4-5,7,9-10,12-14,18-19H,6,8,11H2,1-3H3,(H,22,27)/t18-,19-/m0/s1. The van der Waals surface area contributed by atoms with Gasteiger partial charge >= 0.3 is 5.97 Å². The molecule has 2 aromatic heterocycles. The molecule has 0 unspecified atom stereocenters. The topological polar surface area (TPSA) is 59.4 Å². The maximum atomic E-state index is 11.5. The predicted octanol–water partition coefficient (Wildman–Crippen LogP) is 3.39. The third kappa shape index (κ3) is 4.30. The first-order valence-corrected chi connectivity index (χ1v) is 9.64. The number of nitrogens with one attached hydrogen (secondary N) is 1. The highest BCUT2D eigenvalue weighted by Crippen LogP contribution is 2.39. The second kappa shape index (κ2) is 8.52. The fourth-order valence-electron chi connectivity index (χ4n) is 3.43. The Balaban J connectivity index is 1.88. The van der Waals surface area contributed by atoms with Crippen molar-refractivity contribution in [1.29, 1.82) is 0 Å².